The number of nitrogens with one attached hydrogen (secondary N) is 2. The van der Waals surface area contributed by atoms with Crippen LogP contribution in [0.2, 0.25) is 0 Å². The highest BCUT2D eigenvalue weighted by atomic mass is 79.9. The molecule has 5 nitrogen and oxygen atoms in total. The minimum atomic E-state index is -0.158. The number of ether oxygens (including phenoxy) is 1. The van der Waals surface area contributed by atoms with Crippen LogP contribution in [0.5, 0.6) is 0 Å². The summed E-state index contributed by atoms with van der Waals surface area (Å²) in [4.78, 5) is 12.6. The summed E-state index contributed by atoms with van der Waals surface area (Å²) in [5.74, 6) is 0.235. The smallest absolute Gasteiger partial charge is 0.287 e. The number of benzene rings is 1. The molecular formula is C18H24BrClN2O3. The van der Waals surface area contributed by atoms with E-state index < -0.39 is 0 Å². The fourth-order valence-electron chi connectivity index (χ4n) is 3.39. The van der Waals surface area contributed by atoms with Gasteiger partial charge in [-0.2, -0.15) is 0 Å². The Kier molecular flexibility index (Phi) is 6.91. The number of aryl methyl sites for hydroxylation is 1. The first-order valence-electron chi connectivity index (χ1n) is 8.21. The van der Waals surface area contributed by atoms with Gasteiger partial charge in [0.1, 0.15) is 5.58 Å². The molecule has 3 rings (SSSR count). The molecule has 0 unspecified atom stereocenters. The number of carbonyl (C=O) groups excluding carboxylic acids is 1. The fourth-order valence-corrected chi connectivity index (χ4v) is 3.75. The predicted molar refractivity (Wildman–Crippen MR) is 105 cm³/mol. The van der Waals surface area contributed by atoms with Gasteiger partial charge in [-0.15, -0.1) is 12.4 Å². The van der Waals surface area contributed by atoms with E-state index >= 15 is 0 Å². The summed E-state index contributed by atoms with van der Waals surface area (Å²) in [7, 11) is 1.72. The number of methoxy groups -OCH3 is 1. The van der Waals surface area contributed by atoms with Crippen molar-refractivity contribution in [3.8, 4) is 0 Å². The Balaban J connectivity index is 0.00000225. The number of hydrogen-bond donors (Lipinski definition) is 2. The number of rotatable bonds is 5. The SMILES string of the molecule is COCC1(CNC(=O)c2oc3ccc(Br)cc3c2C)CCNCC1.Cl. The van der Waals surface area contributed by atoms with Crippen LogP contribution < -0.4 is 10.6 Å². The highest BCUT2D eigenvalue weighted by Gasteiger charge is 2.33. The molecule has 7 heteroatoms. The van der Waals surface area contributed by atoms with Gasteiger partial charge in [0, 0.05) is 34.5 Å². The number of hydrogen-bond acceptors (Lipinski definition) is 4. The molecule has 2 aromatic rings. The van der Waals surface area contributed by atoms with E-state index in [1.807, 2.05) is 25.1 Å². The van der Waals surface area contributed by atoms with Crippen LogP contribution in [0.1, 0.15) is 29.0 Å². The summed E-state index contributed by atoms with van der Waals surface area (Å²) in [6, 6.07) is 5.77. The van der Waals surface area contributed by atoms with E-state index in [2.05, 4.69) is 26.6 Å². The molecule has 1 aliphatic rings. The Hall–Kier alpha value is -1.08. The molecule has 1 fully saturated rings. The lowest BCUT2D eigenvalue weighted by Gasteiger charge is -2.37. The molecule has 2 N–H and O–H groups in total. The number of piperidine rings is 1. The maximum Gasteiger partial charge on any atom is 0.287 e. The number of furan rings is 1. The summed E-state index contributed by atoms with van der Waals surface area (Å²) in [5.41, 5.74) is 1.60. The Morgan fingerprint density at radius 2 is 2.12 bits per heavy atom. The average molecular weight is 432 g/mol. The minimum Gasteiger partial charge on any atom is -0.451 e. The molecule has 0 spiro atoms. The largest absolute Gasteiger partial charge is 0.451 e. The summed E-state index contributed by atoms with van der Waals surface area (Å²) in [5, 5.41) is 7.38. The topological polar surface area (TPSA) is 63.5 Å². The van der Waals surface area contributed by atoms with Gasteiger partial charge in [0.2, 0.25) is 0 Å². The van der Waals surface area contributed by atoms with Crippen molar-refractivity contribution in [1.82, 2.24) is 10.6 Å². The summed E-state index contributed by atoms with van der Waals surface area (Å²) in [6.45, 7) is 5.08. The molecule has 138 valence electrons. The van der Waals surface area contributed by atoms with Gasteiger partial charge in [0.25, 0.3) is 5.91 Å². The lowest BCUT2D eigenvalue weighted by Crippen LogP contribution is -2.47. The molecule has 1 aromatic carbocycles. The molecule has 1 aromatic heterocycles. The molecule has 0 saturated carbocycles. The molecule has 0 aliphatic carbocycles. The molecule has 0 radical (unpaired) electrons. The van der Waals surface area contributed by atoms with Crippen molar-refractivity contribution in [2.75, 3.05) is 33.4 Å². The van der Waals surface area contributed by atoms with Crippen LogP contribution in [-0.2, 0) is 4.74 Å². The van der Waals surface area contributed by atoms with Crippen molar-refractivity contribution in [3.63, 3.8) is 0 Å². The van der Waals surface area contributed by atoms with Gasteiger partial charge in [0.15, 0.2) is 5.76 Å². The van der Waals surface area contributed by atoms with Crippen molar-refractivity contribution in [3.05, 3.63) is 34.0 Å². The lowest BCUT2D eigenvalue weighted by atomic mass is 9.79. The van der Waals surface area contributed by atoms with Crippen molar-refractivity contribution in [2.45, 2.75) is 19.8 Å². The Bertz CT molecular complexity index is 736. The van der Waals surface area contributed by atoms with Crippen LogP contribution in [0, 0.1) is 12.3 Å². The summed E-state index contributed by atoms with van der Waals surface area (Å²) >= 11 is 3.46. The fraction of sp³-hybridized carbons (Fsp3) is 0.500. The average Bonchev–Trinajstić information content (AvgIpc) is 2.91. The van der Waals surface area contributed by atoms with E-state index in [0.717, 1.165) is 46.9 Å². The van der Waals surface area contributed by atoms with E-state index in [1.54, 1.807) is 7.11 Å². The first-order valence-corrected chi connectivity index (χ1v) is 9.00. The molecule has 1 amide bonds. The maximum atomic E-state index is 12.6. The van der Waals surface area contributed by atoms with Gasteiger partial charge in [0.05, 0.1) is 6.61 Å². The van der Waals surface area contributed by atoms with Crippen molar-refractivity contribution in [2.24, 2.45) is 5.41 Å². The third-order valence-corrected chi connectivity index (χ3v) is 5.34. The molecule has 0 atom stereocenters. The zero-order chi connectivity index (χ0) is 17.2. The van der Waals surface area contributed by atoms with Crippen molar-refractivity contribution >= 4 is 45.2 Å². The van der Waals surface area contributed by atoms with Gasteiger partial charge in [-0.05, 0) is 51.1 Å². The van der Waals surface area contributed by atoms with Gasteiger partial charge in [-0.1, -0.05) is 15.9 Å². The first kappa shape index (κ1) is 20.2. The van der Waals surface area contributed by atoms with E-state index in [4.69, 9.17) is 9.15 Å². The summed E-state index contributed by atoms with van der Waals surface area (Å²) < 4.78 is 12.1. The van der Waals surface area contributed by atoms with E-state index in [-0.39, 0.29) is 23.7 Å². The van der Waals surface area contributed by atoms with Crippen LogP contribution in [0.25, 0.3) is 11.0 Å². The molecule has 1 aliphatic heterocycles. The Labute approximate surface area is 162 Å². The third kappa shape index (κ3) is 4.37. The molecule has 1 saturated heterocycles. The highest BCUT2D eigenvalue weighted by Crippen LogP contribution is 2.30. The molecule has 2 heterocycles. The predicted octanol–water partition coefficient (Wildman–Crippen LogP) is 3.67. The van der Waals surface area contributed by atoms with Gasteiger partial charge >= 0.3 is 0 Å². The maximum absolute atomic E-state index is 12.6. The quantitative estimate of drug-likeness (QED) is 0.758. The normalized spacial score (nSPS) is 16.4. The summed E-state index contributed by atoms with van der Waals surface area (Å²) in [6.07, 6.45) is 1.99. The number of fused-ring (bicyclic) bond motifs is 1. The monoisotopic (exact) mass is 430 g/mol. The standard InChI is InChI=1S/C18H23BrN2O3.ClH/c1-12-14-9-13(19)3-4-15(14)24-16(12)17(22)21-10-18(11-23-2)5-7-20-8-6-18;/h3-4,9,20H,5-8,10-11H2,1-2H3,(H,21,22);1H. The van der Waals surface area contributed by atoms with Crippen molar-refractivity contribution < 1.29 is 13.9 Å². The zero-order valence-electron chi connectivity index (χ0n) is 14.5. The number of halogens is 2. The first-order chi connectivity index (χ1) is 11.5. The van der Waals surface area contributed by atoms with Gasteiger partial charge < -0.3 is 19.8 Å². The minimum absolute atomic E-state index is 0. The Morgan fingerprint density at radius 1 is 1.40 bits per heavy atom. The second kappa shape index (κ2) is 8.54. The van der Waals surface area contributed by atoms with Gasteiger partial charge in [-0.3, -0.25) is 4.79 Å². The van der Waals surface area contributed by atoms with Crippen LogP contribution in [-0.4, -0.2) is 39.3 Å². The zero-order valence-corrected chi connectivity index (χ0v) is 16.9. The van der Waals surface area contributed by atoms with Crippen LogP contribution >= 0.6 is 28.3 Å². The molecule has 25 heavy (non-hydrogen) atoms. The molecular weight excluding hydrogens is 408 g/mol. The number of amides is 1. The molecule has 0 bridgehead atoms. The van der Waals surface area contributed by atoms with E-state index in [9.17, 15) is 4.79 Å². The van der Waals surface area contributed by atoms with E-state index in [0.29, 0.717) is 18.9 Å². The van der Waals surface area contributed by atoms with Crippen LogP contribution in [0.4, 0.5) is 0 Å². The van der Waals surface area contributed by atoms with Crippen LogP contribution in [0.3, 0.4) is 0 Å². The lowest BCUT2D eigenvalue weighted by molar-refractivity contribution is 0.0506. The van der Waals surface area contributed by atoms with Gasteiger partial charge in [-0.25, -0.2) is 0 Å². The second-order valence-electron chi connectivity index (χ2n) is 6.56. The van der Waals surface area contributed by atoms with E-state index in [1.165, 1.54) is 0 Å². The highest BCUT2D eigenvalue weighted by molar-refractivity contribution is 9.10. The van der Waals surface area contributed by atoms with Crippen molar-refractivity contribution in [1.29, 1.82) is 0 Å². The second-order valence-corrected chi connectivity index (χ2v) is 7.48. The Morgan fingerprint density at radius 3 is 2.80 bits per heavy atom. The number of carbonyl (C=O) groups is 1. The van der Waals surface area contributed by atoms with Crippen LogP contribution in [0.15, 0.2) is 27.1 Å². The third-order valence-electron chi connectivity index (χ3n) is 4.84.